The number of hydrogen-bond acceptors (Lipinski definition) is 3. The van der Waals surface area contributed by atoms with Gasteiger partial charge in [-0.15, -0.1) is 0 Å². The molecule has 0 spiro atoms. The molecule has 90 valence electrons. The summed E-state index contributed by atoms with van der Waals surface area (Å²) in [5.41, 5.74) is 0.111. The van der Waals surface area contributed by atoms with Gasteiger partial charge in [0.1, 0.15) is 0 Å². The molecular weight excluding hydrogens is 204 g/mol. The Balaban J connectivity index is 2.09. The lowest BCUT2D eigenvalue weighted by atomic mass is 10.0. The van der Waals surface area contributed by atoms with Crippen LogP contribution in [0.3, 0.4) is 0 Å². The second-order valence-electron chi connectivity index (χ2n) is 4.84. The number of likely N-dealkylation sites (N-methyl/N-ethyl adjacent to an activating group) is 1. The van der Waals surface area contributed by atoms with Crippen LogP contribution in [-0.2, 0) is 9.59 Å². The van der Waals surface area contributed by atoms with Gasteiger partial charge in [0.05, 0.1) is 6.04 Å². The number of carbonyl (C=O) groups excluding carboxylic acids is 2. The maximum atomic E-state index is 11.9. The van der Waals surface area contributed by atoms with Crippen molar-refractivity contribution in [3.8, 4) is 0 Å². The first-order valence-corrected chi connectivity index (χ1v) is 6.17. The molecule has 0 aromatic rings. The highest BCUT2D eigenvalue weighted by Gasteiger charge is 2.53. The highest BCUT2D eigenvalue weighted by atomic mass is 16.2. The second-order valence-corrected chi connectivity index (χ2v) is 4.84. The van der Waals surface area contributed by atoms with Crippen LogP contribution in [0.1, 0.15) is 39.0 Å². The Hall–Kier alpha value is -0.900. The summed E-state index contributed by atoms with van der Waals surface area (Å²) in [6.45, 7) is 2.49. The predicted molar refractivity (Wildman–Crippen MR) is 61.1 cm³/mol. The quantitative estimate of drug-likeness (QED) is 0.715. The largest absolute Gasteiger partial charge is 0.331 e. The van der Waals surface area contributed by atoms with Crippen LogP contribution in [0.15, 0.2) is 0 Å². The average Bonchev–Trinajstić information content (AvgIpc) is 2.96. The number of carbonyl (C=O) groups is 2. The summed E-state index contributed by atoms with van der Waals surface area (Å²) in [5.74, 6) is -0.523. The zero-order valence-corrected chi connectivity index (χ0v) is 10.1. The lowest BCUT2D eigenvalue weighted by Crippen LogP contribution is -2.51. The summed E-state index contributed by atoms with van der Waals surface area (Å²) >= 11 is 0. The van der Waals surface area contributed by atoms with Crippen LogP contribution in [-0.4, -0.2) is 41.8 Å². The third kappa shape index (κ3) is 1.75. The molecule has 1 saturated carbocycles. The van der Waals surface area contributed by atoms with E-state index in [4.69, 9.17) is 0 Å². The van der Waals surface area contributed by atoms with Crippen molar-refractivity contribution in [1.29, 1.82) is 0 Å². The van der Waals surface area contributed by atoms with Crippen molar-refractivity contribution in [2.75, 3.05) is 13.6 Å². The Bertz CT molecular complexity index is 310. The van der Waals surface area contributed by atoms with E-state index >= 15 is 0 Å². The van der Waals surface area contributed by atoms with E-state index in [2.05, 4.69) is 5.32 Å². The first kappa shape index (κ1) is 11.6. The van der Waals surface area contributed by atoms with Gasteiger partial charge in [0.15, 0.2) is 0 Å². The molecule has 1 atom stereocenters. The van der Waals surface area contributed by atoms with Crippen LogP contribution in [0.4, 0.5) is 0 Å². The first-order chi connectivity index (χ1) is 7.64. The topological polar surface area (TPSA) is 49.4 Å². The number of nitrogens with one attached hydrogen (secondary N) is 1. The van der Waals surface area contributed by atoms with Gasteiger partial charge in [-0.2, -0.15) is 0 Å². The van der Waals surface area contributed by atoms with E-state index in [1.165, 1.54) is 0 Å². The molecule has 0 aromatic carbocycles. The zero-order chi connectivity index (χ0) is 11.8. The molecule has 4 heteroatoms. The Kier molecular flexibility index (Phi) is 3.02. The molecule has 1 aliphatic carbocycles. The van der Waals surface area contributed by atoms with Gasteiger partial charge >= 0.3 is 0 Å². The predicted octanol–water partition coefficient (Wildman–Crippen LogP) is 0.708. The molecule has 2 rings (SSSR count). The summed E-state index contributed by atoms with van der Waals surface area (Å²) in [7, 11) is 1.95. The monoisotopic (exact) mass is 224 g/mol. The fourth-order valence-electron chi connectivity index (χ4n) is 2.78. The number of ketones is 1. The van der Waals surface area contributed by atoms with Gasteiger partial charge in [-0.3, -0.25) is 9.59 Å². The molecule has 0 radical (unpaired) electrons. The Morgan fingerprint density at radius 3 is 2.62 bits per heavy atom. The van der Waals surface area contributed by atoms with E-state index in [1.807, 2.05) is 7.05 Å². The van der Waals surface area contributed by atoms with Gasteiger partial charge in [-0.05, 0) is 32.7 Å². The molecule has 1 unspecified atom stereocenters. The maximum Gasteiger partial charge on any atom is 0.290 e. The summed E-state index contributed by atoms with van der Waals surface area (Å²) in [5, 5.41) is 3.33. The minimum absolute atomic E-state index is 0.111. The van der Waals surface area contributed by atoms with Crippen LogP contribution < -0.4 is 5.32 Å². The highest BCUT2D eigenvalue weighted by Crippen LogP contribution is 2.44. The van der Waals surface area contributed by atoms with Gasteiger partial charge in [0.2, 0.25) is 5.78 Å². The van der Waals surface area contributed by atoms with E-state index < -0.39 is 0 Å². The summed E-state index contributed by atoms with van der Waals surface area (Å²) < 4.78 is 0. The molecule has 2 fully saturated rings. The standard InChI is InChI=1S/C12H20N2O2/c1-3-9(15)11(16)14-8-4-5-10(14)12(13-2)6-7-12/h10,13H,3-8H2,1-2H3. The molecular formula is C12H20N2O2. The van der Waals surface area contributed by atoms with Crippen LogP contribution in [0, 0.1) is 0 Å². The van der Waals surface area contributed by atoms with Crippen molar-refractivity contribution < 1.29 is 9.59 Å². The first-order valence-electron chi connectivity index (χ1n) is 6.17. The van der Waals surface area contributed by atoms with E-state index in [0.717, 1.165) is 32.2 Å². The van der Waals surface area contributed by atoms with Crippen LogP contribution in [0.2, 0.25) is 0 Å². The van der Waals surface area contributed by atoms with Gasteiger partial charge in [0.25, 0.3) is 5.91 Å². The highest BCUT2D eigenvalue weighted by molar-refractivity contribution is 6.36. The SMILES string of the molecule is CCC(=O)C(=O)N1CCCC1C1(NC)CC1. The summed E-state index contributed by atoms with van der Waals surface area (Å²) in [4.78, 5) is 25.2. The van der Waals surface area contributed by atoms with Crippen molar-refractivity contribution in [2.24, 2.45) is 0 Å². The van der Waals surface area contributed by atoms with E-state index in [1.54, 1.807) is 11.8 Å². The van der Waals surface area contributed by atoms with Gasteiger partial charge in [-0.25, -0.2) is 0 Å². The number of nitrogens with zero attached hydrogens (tertiary/aromatic N) is 1. The number of amides is 1. The third-order valence-corrected chi connectivity index (χ3v) is 4.00. The van der Waals surface area contributed by atoms with Crippen molar-refractivity contribution in [3.05, 3.63) is 0 Å². The fraction of sp³-hybridized carbons (Fsp3) is 0.833. The normalized spacial score (nSPS) is 26.9. The third-order valence-electron chi connectivity index (χ3n) is 4.00. The fourth-order valence-corrected chi connectivity index (χ4v) is 2.78. The zero-order valence-electron chi connectivity index (χ0n) is 10.1. The Morgan fingerprint density at radius 1 is 1.44 bits per heavy atom. The number of rotatable bonds is 4. The molecule has 1 saturated heterocycles. The Morgan fingerprint density at radius 2 is 2.12 bits per heavy atom. The van der Waals surface area contributed by atoms with Crippen LogP contribution in [0.5, 0.6) is 0 Å². The van der Waals surface area contributed by atoms with Crippen molar-refractivity contribution in [2.45, 2.75) is 50.6 Å². The van der Waals surface area contributed by atoms with Crippen molar-refractivity contribution >= 4 is 11.7 Å². The summed E-state index contributed by atoms with van der Waals surface area (Å²) in [6.07, 6.45) is 4.62. The van der Waals surface area contributed by atoms with Gasteiger partial charge in [-0.1, -0.05) is 6.92 Å². The lowest BCUT2D eigenvalue weighted by Gasteiger charge is -2.31. The number of likely N-dealkylation sites (tertiary alicyclic amines) is 1. The van der Waals surface area contributed by atoms with Crippen molar-refractivity contribution in [3.63, 3.8) is 0 Å². The molecule has 1 N–H and O–H groups in total. The molecule has 16 heavy (non-hydrogen) atoms. The molecule has 4 nitrogen and oxygen atoms in total. The second kappa shape index (κ2) is 4.17. The van der Waals surface area contributed by atoms with Gasteiger partial charge < -0.3 is 10.2 Å². The number of Topliss-reactive ketones (excluding diaryl/α,β-unsaturated/α-hetero) is 1. The van der Waals surface area contributed by atoms with Crippen LogP contribution in [0.25, 0.3) is 0 Å². The Labute approximate surface area is 96.4 Å². The molecule has 2 aliphatic rings. The van der Waals surface area contributed by atoms with E-state index in [0.29, 0.717) is 6.42 Å². The lowest BCUT2D eigenvalue weighted by molar-refractivity contribution is -0.145. The van der Waals surface area contributed by atoms with E-state index in [-0.39, 0.29) is 23.3 Å². The van der Waals surface area contributed by atoms with Crippen molar-refractivity contribution in [1.82, 2.24) is 10.2 Å². The maximum absolute atomic E-state index is 11.9. The molecule has 0 aromatic heterocycles. The minimum Gasteiger partial charge on any atom is -0.331 e. The smallest absolute Gasteiger partial charge is 0.290 e. The molecule has 1 amide bonds. The van der Waals surface area contributed by atoms with E-state index in [9.17, 15) is 9.59 Å². The molecule has 1 heterocycles. The van der Waals surface area contributed by atoms with Gasteiger partial charge in [0, 0.05) is 18.5 Å². The molecule has 0 bridgehead atoms. The average molecular weight is 224 g/mol. The molecule has 1 aliphatic heterocycles. The summed E-state index contributed by atoms with van der Waals surface area (Å²) in [6, 6.07) is 0.237. The van der Waals surface area contributed by atoms with Crippen LogP contribution >= 0.6 is 0 Å². The minimum atomic E-state index is -0.272. The number of hydrogen-bond donors (Lipinski definition) is 1.